The van der Waals surface area contributed by atoms with Gasteiger partial charge in [-0.1, -0.05) is 17.7 Å². The average Bonchev–Trinajstić information content (AvgIpc) is 2.53. The highest BCUT2D eigenvalue weighted by Gasteiger charge is 2.05. The van der Waals surface area contributed by atoms with Gasteiger partial charge in [0.2, 0.25) is 5.91 Å². The summed E-state index contributed by atoms with van der Waals surface area (Å²) in [7, 11) is 1.57. The number of halogens is 1. The van der Waals surface area contributed by atoms with Crippen LogP contribution in [-0.2, 0) is 4.79 Å². The molecule has 114 valence electrons. The number of carbonyl (C=O) groups excluding carboxylic acids is 2. The van der Waals surface area contributed by atoms with E-state index in [1.54, 1.807) is 49.5 Å². The molecule has 0 spiro atoms. The molecule has 0 aliphatic heterocycles. The van der Waals surface area contributed by atoms with Gasteiger partial charge in [-0.2, -0.15) is 0 Å². The summed E-state index contributed by atoms with van der Waals surface area (Å²) >= 11 is 5.87. The minimum atomic E-state index is -0.187. The zero-order valence-electron chi connectivity index (χ0n) is 12.0. The van der Waals surface area contributed by atoms with Crippen molar-refractivity contribution in [1.82, 2.24) is 5.32 Å². The number of rotatable bonds is 5. The molecule has 2 rings (SSSR count). The lowest BCUT2D eigenvalue weighted by Crippen LogP contribution is -2.22. The molecular formula is C16H16ClN3O2. The van der Waals surface area contributed by atoms with E-state index in [0.29, 0.717) is 16.3 Å². The number of anilines is 2. The van der Waals surface area contributed by atoms with Crippen molar-refractivity contribution in [3.63, 3.8) is 0 Å². The van der Waals surface area contributed by atoms with Gasteiger partial charge in [0.05, 0.1) is 6.54 Å². The predicted octanol–water partition coefficient (Wildman–Crippen LogP) is 2.75. The van der Waals surface area contributed by atoms with Gasteiger partial charge in [0, 0.05) is 29.0 Å². The fourth-order valence-corrected chi connectivity index (χ4v) is 2.03. The van der Waals surface area contributed by atoms with Crippen molar-refractivity contribution in [1.29, 1.82) is 0 Å². The average molecular weight is 318 g/mol. The van der Waals surface area contributed by atoms with Crippen LogP contribution in [0.3, 0.4) is 0 Å². The molecule has 0 aliphatic carbocycles. The van der Waals surface area contributed by atoms with Gasteiger partial charge < -0.3 is 16.0 Å². The zero-order valence-corrected chi connectivity index (χ0v) is 12.8. The van der Waals surface area contributed by atoms with Crippen LogP contribution in [0.2, 0.25) is 5.02 Å². The van der Waals surface area contributed by atoms with Gasteiger partial charge in [0.25, 0.3) is 5.91 Å². The molecule has 6 heteroatoms. The topological polar surface area (TPSA) is 70.2 Å². The second kappa shape index (κ2) is 7.47. The summed E-state index contributed by atoms with van der Waals surface area (Å²) in [6, 6.07) is 13.8. The van der Waals surface area contributed by atoms with Gasteiger partial charge in [-0.25, -0.2) is 0 Å². The fraction of sp³-hybridized carbons (Fsp3) is 0.125. The number of carbonyl (C=O) groups is 2. The third-order valence-electron chi connectivity index (χ3n) is 2.94. The Balaban J connectivity index is 1.88. The molecule has 0 fully saturated rings. The summed E-state index contributed by atoms with van der Waals surface area (Å²) in [5, 5.41) is 8.87. The number of nitrogens with one attached hydrogen (secondary N) is 3. The van der Waals surface area contributed by atoms with E-state index in [9.17, 15) is 9.59 Å². The van der Waals surface area contributed by atoms with Crippen molar-refractivity contribution < 1.29 is 9.59 Å². The maximum Gasteiger partial charge on any atom is 0.251 e. The lowest BCUT2D eigenvalue weighted by Gasteiger charge is -2.08. The monoisotopic (exact) mass is 317 g/mol. The van der Waals surface area contributed by atoms with Crippen molar-refractivity contribution in [3.8, 4) is 0 Å². The zero-order chi connectivity index (χ0) is 15.9. The van der Waals surface area contributed by atoms with Gasteiger partial charge in [-0.15, -0.1) is 0 Å². The molecule has 0 saturated heterocycles. The van der Waals surface area contributed by atoms with Crippen LogP contribution in [0.25, 0.3) is 0 Å². The molecular weight excluding hydrogens is 302 g/mol. The second-order valence-electron chi connectivity index (χ2n) is 4.57. The van der Waals surface area contributed by atoms with E-state index in [0.717, 1.165) is 5.69 Å². The molecule has 0 bridgehead atoms. The summed E-state index contributed by atoms with van der Waals surface area (Å²) in [5.74, 6) is -0.354. The molecule has 2 aromatic rings. The first kappa shape index (κ1) is 15.9. The third kappa shape index (κ3) is 4.49. The Morgan fingerprint density at radius 2 is 1.77 bits per heavy atom. The van der Waals surface area contributed by atoms with E-state index in [-0.39, 0.29) is 18.4 Å². The fourth-order valence-electron chi connectivity index (χ4n) is 1.84. The molecule has 5 nitrogen and oxygen atoms in total. The minimum Gasteiger partial charge on any atom is -0.376 e. The lowest BCUT2D eigenvalue weighted by atomic mass is 10.2. The van der Waals surface area contributed by atoms with Crippen LogP contribution in [-0.4, -0.2) is 25.4 Å². The van der Waals surface area contributed by atoms with E-state index in [1.807, 2.05) is 6.07 Å². The summed E-state index contributed by atoms with van der Waals surface area (Å²) in [4.78, 5) is 23.3. The van der Waals surface area contributed by atoms with Crippen LogP contribution >= 0.6 is 11.6 Å². The Morgan fingerprint density at radius 3 is 2.41 bits per heavy atom. The number of amides is 2. The first-order valence-electron chi connectivity index (χ1n) is 6.70. The van der Waals surface area contributed by atoms with Crippen LogP contribution in [0.1, 0.15) is 10.4 Å². The first-order chi connectivity index (χ1) is 10.6. The maximum atomic E-state index is 11.9. The highest BCUT2D eigenvalue weighted by Crippen LogP contribution is 2.14. The Morgan fingerprint density at radius 1 is 1.05 bits per heavy atom. The molecule has 0 radical (unpaired) electrons. The molecule has 0 aromatic heterocycles. The normalized spacial score (nSPS) is 9.91. The van der Waals surface area contributed by atoms with Crippen molar-refractivity contribution >= 4 is 34.8 Å². The summed E-state index contributed by atoms with van der Waals surface area (Å²) < 4.78 is 0. The molecule has 2 aromatic carbocycles. The quantitative estimate of drug-likeness (QED) is 0.794. The Kier molecular flexibility index (Phi) is 5.38. The third-order valence-corrected chi connectivity index (χ3v) is 3.17. The smallest absolute Gasteiger partial charge is 0.251 e. The minimum absolute atomic E-state index is 0.123. The van der Waals surface area contributed by atoms with E-state index < -0.39 is 0 Å². The van der Waals surface area contributed by atoms with Crippen molar-refractivity contribution in [2.24, 2.45) is 0 Å². The van der Waals surface area contributed by atoms with Crippen LogP contribution in [0.4, 0.5) is 11.4 Å². The predicted molar refractivity (Wildman–Crippen MR) is 88.4 cm³/mol. The SMILES string of the molecule is CNC(=O)c1ccc(NC(=O)CNc2cccc(Cl)c2)cc1. The first-order valence-corrected chi connectivity index (χ1v) is 7.08. The van der Waals surface area contributed by atoms with Crippen molar-refractivity contribution in [3.05, 3.63) is 59.1 Å². The Bertz CT molecular complexity index is 671. The molecule has 0 heterocycles. The highest BCUT2D eigenvalue weighted by atomic mass is 35.5. The van der Waals surface area contributed by atoms with E-state index >= 15 is 0 Å². The number of benzene rings is 2. The Hall–Kier alpha value is -2.53. The van der Waals surface area contributed by atoms with Gasteiger partial charge in [0.15, 0.2) is 0 Å². The standard InChI is InChI=1S/C16H16ClN3O2/c1-18-16(22)11-5-7-13(8-6-11)20-15(21)10-19-14-4-2-3-12(17)9-14/h2-9,19H,10H2,1H3,(H,18,22)(H,20,21). The molecule has 0 atom stereocenters. The van der Waals surface area contributed by atoms with Gasteiger partial charge >= 0.3 is 0 Å². The molecule has 0 aliphatic rings. The van der Waals surface area contributed by atoms with Gasteiger partial charge in [0.1, 0.15) is 0 Å². The summed E-state index contributed by atoms with van der Waals surface area (Å²) in [6.07, 6.45) is 0. The molecule has 0 saturated carbocycles. The van der Waals surface area contributed by atoms with Crippen molar-refractivity contribution in [2.75, 3.05) is 24.2 Å². The maximum absolute atomic E-state index is 11.9. The second-order valence-corrected chi connectivity index (χ2v) is 5.00. The van der Waals surface area contributed by atoms with E-state index in [2.05, 4.69) is 16.0 Å². The Labute approximate surface area is 133 Å². The van der Waals surface area contributed by atoms with E-state index in [4.69, 9.17) is 11.6 Å². The van der Waals surface area contributed by atoms with Crippen molar-refractivity contribution in [2.45, 2.75) is 0 Å². The number of hydrogen-bond acceptors (Lipinski definition) is 3. The highest BCUT2D eigenvalue weighted by molar-refractivity contribution is 6.30. The van der Waals surface area contributed by atoms with E-state index in [1.165, 1.54) is 0 Å². The van der Waals surface area contributed by atoms with Crippen LogP contribution < -0.4 is 16.0 Å². The van der Waals surface area contributed by atoms with Crippen LogP contribution in [0, 0.1) is 0 Å². The largest absolute Gasteiger partial charge is 0.376 e. The molecule has 3 N–H and O–H groups in total. The lowest BCUT2D eigenvalue weighted by molar-refractivity contribution is -0.114. The molecule has 0 unspecified atom stereocenters. The number of hydrogen-bond donors (Lipinski definition) is 3. The van der Waals surface area contributed by atoms with Crippen LogP contribution in [0.15, 0.2) is 48.5 Å². The molecule has 22 heavy (non-hydrogen) atoms. The van der Waals surface area contributed by atoms with Gasteiger partial charge in [-0.3, -0.25) is 9.59 Å². The molecule has 2 amide bonds. The summed E-state index contributed by atoms with van der Waals surface area (Å²) in [6.45, 7) is 0.123. The van der Waals surface area contributed by atoms with Crippen LogP contribution in [0.5, 0.6) is 0 Å². The summed E-state index contributed by atoms with van der Waals surface area (Å²) in [5.41, 5.74) is 1.95. The van der Waals surface area contributed by atoms with Gasteiger partial charge in [-0.05, 0) is 42.5 Å².